The van der Waals surface area contributed by atoms with Gasteiger partial charge in [-0.05, 0) is 30.2 Å². The third kappa shape index (κ3) is 3.01. The Morgan fingerprint density at radius 3 is 2.50 bits per heavy atom. The van der Waals surface area contributed by atoms with Crippen LogP contribution in [0.25, 0.3) is 0 Å². The zero-order valence-electron chi connectivity index (χ0n) is 11.2. The Labute approximate surface area is 123 Å². The summed E-state index contributed by atoms with van der Waals surface area (Å²) in [5.74, 6) is -0.871. The van der Waals surface area contributed by atoms with E-state index in [1.165, 1.54) is 6.07 Å². The zero-order chi connectivity index (χ0) is 14.7. The minimum Gasteiger partial charge on any atom is -0.388 e. The van der Waals surface area contributed by atoms with E-state index in [0.29, 0.717) is 5.02 Å². The van der Waals surface area contributed by atoms with E-state index in [1.54, 1.807) is 37.3 Å². The van der Waals surface area contributed by atoms with Crippen LogP contribution in [0.1, 0.15) is 28.7 Å². The van der Waals surface area contributed by atoms with Gasteiger partial charge in [-0.2, -0.15) is 0 Å². The molecular weight excluding hydrogens is 277 g/mol. The second-order valence-electron chi connectivity index (χ2n) is 4.83. The molecule has 2 aromatic carbocycles. The Morgan fingerprint density at radius 2 is 1.90 bits per heavy atom. The number of halogens is 2. The van der Waals surface area contributed by atoms with Gasteiger partial charge >= 0.3 is 0 Å². The molecule has 2 rings (SSSR count). The third-order valence-electron chi connectivity index (χ3n) is 3.41. The molecule has 2 unspecified atom stereocenters. The Morgan fingerprint density at radius 1 is 1.20 bits per heavy atom. The Kier molecular flexibility index (Phi) is 4.76. The highest BCUT2D eigenvalue weighted by molar-refractivity contribution is 6.31. The van der Waals surface area contributed by atoms with Crippen LogP contribution in [0, 0.1) is 12.7 Å². The number of aliphatic hydroxyl groups is 1. The normalized spacial score (nSPS) is 14.1. The molecule has 0 fully saturated rings. The second-order valence-corrected chi connectivity index (χ2v) is 5.24. The number of rotatable bonds is 4. The molecule has 0 aliphatic carbocycles. The molecule has 106 valence electrons. The van der Waals surface area contributed by atoms with Crippen molar-refractivity contribution in [2.75, 3.05) is 6.54 Å². The van der Waals surface area contributed by atoms with Gasteiger partial charge in [0.15, 0.2) is 0 Å². The summed E-state index contributed by atoms with van der Waals surface area (Å²) in [4.78, 5) is 0. The topological polar surface area (TPSA) is 46.2 Å². The molecule has 2 aromatic rings. The Balaban J connectivity index is 2.39. The lowest BCUT2D eigenvalue weighted by Crippen LogP contribution is -2.21. The van der Waals surface area contributed by atoms with Crippen molar-refractivity contribution in [3.05, 3.63) is 70.0 Å². The fourth-order valence-electron chi connectivity index (χ4n) is 2.29. The summed E-state index contributed by atoms with van der Waals surface area (Å²) in [5, 5.41) is 11.0. The Hall–Kier alpha value is -1.42. The predicted molar refractivity (Wildman–Crippen MR) is 79.3 cm³/mol. The number of aryl methyl sites for hydroxylation is 1. The molecule has 4 heteroatoms. The maximum absolute atomic E-state index is 14.0. The maximum Gasteiger partial charge on any atom is 0.129 e. The molecule has 0 amide bonds. The van der Waals surface area contributed by atoms with Crippen molar-refractivity contribution in [2.24, 2.45) is 5.73 Å². The summed E-state index contributed by atoms with van der Waals surface area (Å²) >= 11 is 6.13. The first-order chi connectivity index (χ1) is 9.54. The minimum absolute atomic E-state index is 0.179. The van der Waals surface area contributed by atoms with Crippen LogP contribution in [-0.4, -0.2) is 11.7 Å². The first kappa shape index (κ1) is 15.0. The zero-order valence-corrected chi connectivity index (χ0v) is 11.9. The number of nitrogens with two attached hydrogens (primary N) is 1. The van der Waals surface area contributed by atoms with Gasteiger partial charge in [-0.25, -0.2) is 4.39 Å². The molecule has 2 nitrogen and oxygen atoms in total. The molecule has 20 heavy (non-hydrogen) atoms. The van der Waals surface area contributed by atoms with Gasteiger partial charge in [-0.3, -0.25) is 0 Å². The standard InChI is InChI=1S/C16H17ClFNO/c1-10-6-7-12(15(18)8-10)16(20)13(9-19)11-4-2-3-5-14(11)17/h2-8,13,16,20H,9,19H2,1H3. The van der Waals surface area contributed by atoms with Crippen molar-refractivity contribution in [1.29, 1.82) is 0 Å². The largest absolute Gasteiger partial charge is 0.388 e. The van der Waals surface area contributed by atoms with E-state index in [9.17, 15) is 9.50 Å². The molecule has 0 bridgehead atoms. The minimum atomic E-state index is -1.03. The van der Waals surface area contributed by atoms with Gasteiger partial charge in [0.05, 0.1) is 6.10 Å². The van der Waals surface area contributed by atoms with Crippen LogP contribution < -0.4 is 5.73 Å². The van der Waals surface area contributed by atoms with Gasteiger partial charge < -0.3 is 10.8 Å². The lowest BCUT2D eigenvalue weighted by atomic mass is 9.88. The van der Waals surface area contributed by atoms with E-state index in [-0.39, 0.29) is 12.1 Å². The highest BCUT2D eigenvalue weighted by Gasteiger charge is 2.25. The Bertz CT molecular complexity index is 603. The fraction of sp³-hybridized carbons (Fsp3) is 0.250. The van der Waals surface area contributed by atoms with Gasteiger partial charge in [-0.1, -0.05) is 41.9 Å². The molecule has 0 radical (unpaired) electrons. The average molecular weight is 294 g/mol. The third-order valence-corrected chi connectivity index (χ3v) is 3.76. The van der Waals surface area contributed by atoms with Crippen molar-refractivity contribution < 1.29 is 9.50 Å². The van der Waals surface area contributed by atoms with E-state index in [0.717, 1.165) is 11.1 Å². The molecule has 0 heterocycles. The summed E-state index contributed by atoms with van der Waals surface area (Å²) in [5.41, 5.74) is 7.52. The number of hydrogen-bond acceptors (Lipinski definition) is 2. The van der Waals surface area contributed by atoms with Crippen LogP contribution in [0.5, 0.6) is 0 Å². The van der Waals surface area contributed by atoms with Crippen LogP contribution in [0.2, 0.25) is 5.02 Å². The molecule has 3 N–H and O–H groups in total. The fourth-order valence-corrected chi connectivity index (χ4v) is 2.57. The van der Waals surface area contributed by atoms with Crippen LogP contribution >= 0.6 is 11.6 Å². The molecule has 2 atom stereocenters. The average Bonchev–Trinajstić information content (AvgIpc) is 2.41. The van der Waals surface area contributed by atoms with Gasteiger partial charge in [0, 0.05) is 23.0 Å². The summed E-state index contributed by atoms with van der Waals surface area (Å²) in [7, 11) is 0. The van der Waals surface area contributed by atoms with Gasteiger partial charge in [0.1, 0.15) is 5.82 Å². The van der Waals surface area contributed by atoms with Gasteiger partial charge in [0.25, 0.3) is 0 Å². The quantitative estimate of drug-likeness (QED) is 0.905. The molecule has 0 aromatic heterocycles. The highest BCUT2D eigenvalue weighted by Crippen LogP contribution is 2.35. The molecule has 0 saturated carbocycles. The van der Waals surface area contributed by atoms with Crippen molar-refractivity contribution >= 4 is 11.6 Å². The maximum atomic E-state index is 14.0. The van der Waals surface area contributed by atoms with Crippen molar-refractivity contribution in [2.45, 2.75) is 18.9 Å². The van der Waals surface area contributed by atoms with Crippen molar-refractivity contribution in [1.82, 2.24) is 0 Å². The van der Waals surface area contributed by atoms with E-state index in [2.05, 4.69) is 0 Å². The van der Waals surface area contributed by atoms with Gasteiger partial charge in [-0.15, -0.1) is 0 Å². The first-order valence-corrected chi connectivity index (χ1v) is 6.81. The van der Waals surface area contributed by atoms with E-state index >= 15 is 0 Å². The molecule has 0 aliphatic rings. The number of hydrogen-bond donors (Lipinski definition) is 2. The molecule has 0 saturated heterocycles. The monoisotopic (exact) mass is 293 g/mol. The lowest BCUT2D eigenvalue weighted by molar-refractivity contribution is 0.143. The lowest BCUT2D eigenvalue weighted by Gasteiger charge is -2.23. The summed E-state index contributed by atoms with van der Waals surface area (Å²) in [6.45, 7) is 1.98. The van der Waals surface area contributed by atoms with Crippen LogP contribution in [0.15, 0.2) is 42.5 Å². The van der Waals surface area contributed by atoms with Crippen molar-refractivity contribution in [3.8, 4) is 0 Å². The molecule has 0 spiro atoms. The van der Waals surface area contributed by atoms with Crippen LogP contribution in [0.3, 0.4) is 0 Å². The summed E-state index contributed by atoms with van der Waals surface area (Å²) in [6, 6.07) is 11.9. The SMILES string of the molecule is Cc1ccc(C(O)C(CN)c2ccccc2Cl)c(F)c1. The van der Waals surface area contributed by atoms with Crippen LogP contribution in [0.4, 0.5) is 4.39 Å². The highest BCUT2D eigenvalue weighted by atomic mass is 35.5. The van der Waals surface area contributed by atoms with E-state index < -0.39 is 17.8 Å². The summed E-state index contributed by atoms with van der Waals surface area (Å²) < 4.78 is 14.0. The number of aliphatic hydroxyl groups excluding tert-OH is 1. The van der Waals surface area contributed by atoms with Crippen LogP contribution in [-0.2, 0) is 0 Å². The smallest absolute Gasteiger partial charge is 0.129 e. The number of benzene rings is 2. The van der Waals surface area contributed by atoms with Gasteiger partial charge in [0.2, 0.25) is 0 Å². The second kappa shape index (κ2) is 6.35. The molecular formula is C16H17ClFNO. The molecule has 0 aliphatic heterocycles. The first-order valence-electron chi connectivity index (χ1n) is 6.43. The summed E-state index contributed by atoms with van der Waals surface area (Å²) in [6.07, 6.45) is -1.03. The van der Waals surface area contributed by atoms with E-state index in [4.69, 9.17) is 17.3 Å². The van der Waals surface area contributed by atoms with E-state index in [1.807, 2.05) is 6.07 Å². The predicted octanol–water partition coefficient (Wildman–Crippen LogP) is 3.56. The van der Waals surface area contributed by atoms with Crippen molar-refractivity contribution in [3.63, 3.8) is 0 Å².